The number of thioether (sulfide) groups is 1. The maximum absolute atomic E-state index is 12.6. The fourth-order valence-electron chi connectivity index (χ4n) is 3.75. The molecule has 3 aromatic rings. The van der Waals surface area contributed by atoms with Crippen molar-refractivity contribution >= 4 is 50.5 Å². The first-order chi connectivity index (χ1) is 14.7. The van der Waals surface area contributed by atoms with Gasteiger partial charge in [0.25, 0.3) is 5.91 Å². The Morgan fingerprint density at radius 3 is 2.29 bits per heavy atom. The molecule has 0 spiro atoms. The highest BCUT2D eigenvalue weighted by Gasteiger charge is 2.24. The summed E-state index contributed by atoms with van der Waals surface area (Å²) in [5.74, 6) is -0.116. The third-order valence-corrected chi connectivity index (χ3v) is 7.51. The number of rotatable bonds is 3. The molecule has 0 atom stereocenters. The number of hydrogen-bond acceptors (Lipinski definition) is 3. The van der Waals surface area contributed by atoms with E-state index in [4.69, 9.17) is 0 Å². The second kappa shape index (κ2) is 8.52. The van der Waals surface area contributed by atoms with Gasteiger partial charge in [0.05, 0.1) is 10.6 Å². The number of aromatic nitrogens is 1. The van der Waals surface area contributed by atoms with Gasteiger partial charge in [0.1, 0.15) is 0 Å². The molecule has 1 saturated heterocycles. The second-order valence-corrected chi connectivity index (χ2v) is 9.70. The van der Waals surface area contributed by atoms with Crippen LogP contribution in [0.4, 0.5) is 5.69 Å². The first-order valence-electron chi connectivity index (χ1n) is 10.1. The van der Waals surface area contributed by atoms with Crippen LogP contribution in [0.25, 0.3) is 11.8 Å². The number of aryl methyl sites for hydroxylation is 4. The molecule has 4 rings (SSSR count). The summed E-state index contributed by atoms with van der Waals surface area (Å²) >= 11 is 4.96. The van der Waals surface area contributed by atoms with Crippen molar-refractivity contribution in [3.8, 4) is 5.69 Å². The van der Waals surface area contributed by atoms with Gasteiger partial charge >= 0.3 is 0 Å². The summed E-state index contributed by atoms with van der Waals surface area (Å²) in [5.41, 5.74) is 8.69. The highest BCUT2D eigenvalue weighted by molar-refractivity contribution is 9.10. The molecule has 2 aromatic carbocycles. The Labute approximate surface area is 195 Å². The van der Waals surface area contributed by atoms with Gasteiger partial charge in [-0.1, -0.05) is 33.6 Å². The Kier molecular flexibility index (Phi) is 5.95. The Morgan fingerprint density at radius 1 is 1.00 bits per heavy atom. The van der Waals surface area contributed by atoms with E-state index < -0.39 is 0 Å². The lowest BCUT2D eigenvalue weighted by Gasteiger charge is -2.10. The van der Waals surface area contributed by atoms with Gasteiger partial charge in [-0.25, -0.2) is 4.99 Å². The van der Waals surface area contributed by atoms with Crippen LogP contribution in [-0.2, 0) is 4.79 Å². The number of carbonyl (C=O) groups is 1. The molecule has 1 aliphatic rings. The number of benzene rings is 2. The zero-order valence-electron chi connectivity index (χ0n) is 18.2. The molecule has 2 heterocycles. The summed E-state index contributed by atoms with van der Waals surface area (Å²) in [6.45, 7) is 10.3. The zero-order chi connectivity index (χ0) is 22.3. The van der Waals surface area contributed by atoms with Crippen LogP contribution < -0.4 is 5.32 Å². The first kappa shape index (κ1) is 21.7. The summed E-state index contributed by atoms with van der Waals surface area (Å²) in [4.78, 5) is 17.9. The van der Waals surface area contributed by atoms with Crippen LogP contribution in [0.5, 0.6) is 0 Å². The Bertz CT molecular complexity index is 1230. The van der Waals surface area contributed by atoms with Crippen LogP contribution in [0.2, 0.25) is 0 Å². The number of carbonyl (C=O) groups excluding carboxylic acids is 1. The quantitative estimate of drug-likeness (QED) is 0.413. The first-order valence-corrected chi connectivity index (χ1v) is 11.7. The fraction of sp³-hybridized carbons (Fsp3) is 0.200. The van der Waals surface area contributed by atoms with Crippen molar-refractivity contribution in [3.63, 3.8) is 0 Å². The molecule has 0 bridgehead atoms. The average Bonchev–Trinajstić information content (AvgIpc) is 3.19. The van der Waals surface area contributed by atoms with Crippen molar-refractivity contribution in [1.82, 2.24) is 9.88 Å². The molecule has 1 N–H and O–H groups in total. The normalized spacial score (nSPS) is 16.4. The number of amides is 1. The third kappa shape index (κ3) is 4.41. The minimum Gasteiger partial charge on any atom is -0.318 e. The van der Waals surface area contributed by atoms with Crippen LogP contribution >= 0.6 is 27.7 Å². The molecular weight excluding hydrogens is 470 g/mol. The highest BCUT2D eigenvalue weighted by Crippen LogP contribution is 2.32. The Hall–Kier alpha value is -2.57. The Balaban J connectivity index is 1.64. The molecule has 1 fully saturated rings. The molecule has 0 aliphatic carbocycles. The molecule has 0 radical (unpaired) electrons. The number of halogens is 1. The maximum atomic E-state index is 12.6. The topological polar surface area (TPSA) is 46.4 Å². The molecule has 158 valence electrons. The van der Waals surface area contributed by atoms with Crippen molar-refractivity contribution < 1.29 is 4.79 Å². The smallest absolute Gasteiger partial charge is 0.264 e. The van der Waals surface area contributed by atoms with E-state index in [-0.39, 0.29) is 5.91 Å². The predicted molar refractivity (Wildman–Crippen MR) is 134 cm³/mol. The van der Waals surface area contributed by atoms with E-state index in [0.29, 0.717) is 10.1 Å². The van der Waals surface area contributed by atoms with E-state index in [9.17, 15) is 4.79 Å². The minimum atomic E-state index is -0.116. The molecule has 0 saturated carbocycles. The van der Waals surface area contributed by atoms with Gasteiger partial charge in [-0.2, -0.15) is 0 Å². The van der Waals surface area contributed by atoms with Crippen LogP contribution in [0.15, 0.2) is 56.8 Å². The summed E-state index contributed by atoms with van der Waals surface area (Å²) in [6, 6.07) is 14.6. The molecule has 4 nitrogen and oxygen atoms in total. The lowest BCUT2D eigenvalue weighted by molar-refractivity contribution is -0.115. The number of nitrogens with zero attached hydrogens (tertiary/aromatic N) is 2. The largest absolute Gasteiger partial charge is 0.318 e. The van der Waals surface area contributed by atoms with Crippen molar-refractivity contribution in [3.05, 3.63) is 85.5 Å². The van der Waals surface area contributed by atoms with Gasteiger partial charge in [-0.15, -0.1) is 0 Å². The summed E-state index contributed by atoms with van der Waals surface area (Å²) < 4.78 is 3.30. The minimum absolute atomic E-state index is 0.116. The van der Waals surface area contributed by atoms with Crippen molar-refractivity contribution in [1.29, 1.82) is 0 Å². The second-order valence-electron chi connectivity index (χ2n) is 7.87. The van der Waals surface area contributed by atoms with Crippen molar-refractivity contribution in [2.24, 2.45) is 4.99 Å². The summed E-state index contributed by atoms with van der Waals surface area (Å²) in [5, 5.41) is 3.49. The standard InChI is InChI=1S/C25H24BrN3OS/c1-14-6-8-21(9-7-14)29-17(4)12-19(18(29)5)13-22-24(30)28-25(31-22)27-20-10-15(2)23(26)16(3)11-20/h6-13H,1-5H3,(H,27,28,30)/b22-13+. The van der Waals surface area contributed by atoms with E-state index in [1.807, 2.05) is 32.1 Å². The molecule has 1 amide bonds. The van der Waals surface area contributed by atoms with Gasteiger partial charge in [0.15, 0.2) is 5.17 Å². The molecular formula is C25H24BrN3OS. The van der Waals surface area contributed by atoms with Gasteiger partial charge < -0.3 is 9.88 Å². The van der Waals surface area contributed by atoms with E-state index in [0.717, 1.165) is 43.9 Å². The molecule has 1 aliphatic heterocycles. The number of nitrogens with one attached hydrogen (secondary N) is 1. The van der Waals surface area contributed by atoms with Crippen LogP contribution in [0.3, 0.4) is 0 Å². The van der Waals surface area contributed by atoms with Gasteiger partial charge in [0, 0.05) is 21.5 Å². The third-order valence-electron chi connectivity index (χ3n) is 5.35. The Morgan fingerprint density at radius 2 is 1.65 bits per heavy atom. The van der Waals surface area contributed by atoms with Gasteiger partial charge in [-0.3, -0.25) is 4.79 Å². The van der Waals surface area contributed by atoms with Gasteiger partial charge in [-0.05, 0) is 99.5 Å². The van der Waals surface area contributed by atoms with Crippen LogP contribution in [-0.4, -0.2) is 15.6 Å². The van der Waals surface area contributed by atoms with E-state index in [1.165, 1.54) is 17.3 Å². The fourth-order valence-corrected chi connectivity index (χ4v) is 4.81. The SMILES string of the molecule is Cc1ccc(-n2c(C)cc(/C=C3/SC(=Nc4cc(C)c(Br)c(C)c4)NC3=O)c2C)cc1. The predicted octanol–water partition coefficient (Wildman–Crippen LogP) is 6.67. The average molecular weight is 494 g/mol. The van der Waals surface area contributed by atoms with Crippen molar-refractivity contribution in [2.75, 3.05) is 0 Å². The lowest BCUT2D eigenvalue weighted by Crippen LogP contribution is -2.19. The number of hydrogen-bond donors (Lipinski definition) is 1. The highest BCUT2D eigenvalue weighted by atomic mass is 79.9. The van der Waals surface area contributed by atoms with Crippen LogP contribution in [0, 0.1) is 34.6 Å². The summed E-state index contributed by atoms with van der Waals surface area (Å²) in [7, 11) is 0. The van der Waals surface area contributed by atoms with E-state index in [1.54, 1.807) is 0 Å². The van der Waals surface area contributed by atoms with E-state index >= 15 is 0 Å². The molecule has 0 unspecified atom stereocenters. The van der Waals surface area contributed by atoms with Gasteiger partial charge in [0.2, 0.25) is 0 Å². The molecule has 1 aromatic heterocycles. The van der Waals surface area contributed by atoms with Crippen LogP contribution in [0.1, 0.15) is 33.6 Å². The summed E-state index contributed by atoms with van der Waals surface area (Å²) in [6.07, 6.45) is 1.95. The molecule has 6 heteroatoms. The number of aliphatic imine (C=N–C) groups is 1. The van der Waals surface area contributed by atoms with E-state index in [2.05, 4.69) is 81.9 Å². The lowest BCUT2D eigenvalue weighted by atomic mass is 10.1. The zero-order valence-corrected chi connectivity index (χ0v) is 20.6. The van der Waals surface area contributed by atoms with Crippen molar-refractivity contribution in [2.45, 2.75) is 34.6 Å². The molecule has 31 heavy (non-hydrogen) atoms. The monoisotopic (exact) mass is 493 g/mol. The number of amidine groups is 1. The maximum Gasteiger partial charge on any atom is 0.264 e.